The van der Waals surface area contributed by atoms with Crippen molar-refractivity contribution in [2.24, 2.45) is 0 Å². The van der Waals surface area contributed by atoms with Gasteiger partial charge < -0.3 is 25.0 Å². The smallest absolute Gasteiger partial charge is 0.450 e. The van der Waals surface area contributed by atoms with E-state index in [0.29, 0.717) is 15.5 Å². The van der Waals surface area contributed by atoms with Gasteiger partial charge in [0.25, 0.3) is 11.8 Å². The Hall–Kier alpha value is -2.62. The Morgan fingerprint density at radius 1 is 1.26 bits per heavy atom. The lowest BCUT2D eigenvalue weighted by Crippen LogP contribution is -2.40. The number of carbonyl (C=O) groups excluding carboxylic acids is 2. The first-order chi connectivity index (χ1) is 14.8. The van der Waals surface area contributed by atoms with Crippen molar-refractivity contribution in [3.05, 3.63) is 56.2 Å². The van der Waals surface area contributed by atoms with Gasteiger partial charge in [-0.25, -0.2) is 4.79 Å². The molecule has 3 heterocycles. The molecule has 2 aliphatic heterocycles. The van der Waals surface area contributed by atoms with E-state index in [9.17, 15) is 14.4 Å². The van der Waals surface area contributed by atoms with Crippen molar-refractivity contribution >= 4 is 40.9 Å². The van der Waals surface area contributed by atoms with Crippen molar-refractivity contribution in [2.75, 3.05) is 20.1 Å². The molecule has 31 heavy (non-hydrogen) atoms. The third-order valence-electron chi connectivity index (χ3n) is 5.56. The number of rotatable bonds is 4. The first-order valence-electron chi connectivity index (χ1n) is 9.86. The lowest BCUT2D eigenvalue weighted by atomic mass is 9.97. The average Bonchev–Trinajstić information content (AvgIpc) is 3.32. The molecule has 2 unspecified atom stereocenters. The molecule has 0 aliphatic carbocycles. The summed E-state index contributed by atoms with van der Waals surface area (Å²) in [4.78, 5) is 40.8. The number of hydrogen-bond acceptors (Lipinski definition) is 6. The van der Waals surface area contributed by atoms with Crippen LogP contribution >= 0.6 is 22.9 Å². The maximum absolute atomic E-state index is 13.2. The van der Waals surface area contributed by atoms with E-state index in [2.05, 4.69) is 17.3 Å². The van der Waals surface area contributed by atoms with Crippen molar-refractivity contribution < 1.29 is 24.2 Å². The number of nitrogens with zero attached hydrogens (tertiary/aromatic N) is 2. The molecule has 8 nitrogen and oxygen atoms in total. The number of nitrogens with one attached hydrogen (secondary N) is 1. The topological polar surface area (TPSA) is 99.2 Å². The van der Waals surface area contributed by atoms with Crippen LogP contribution in [-0.4, -0.2) is 65.3 Å². The van der Waals surface area contributed by atoms with Crippen molar-refractivity contribution in [3.8, 4) is 0 Å². The van der Waals surface area contributed by atoms with Gasteiger partial charge in [-0.15, -0.1) is 11.3 Å². The number of likely N-dealkylation sites (N-methyl/N-ethyl adjacent to an activating group) is 1. The predicted molar refractivity (Wildman–Crippen MR) is 116 cm³/mol. The van der Waals surface area contributed by atoms with Gasteiger partial charge in [0, 0.05) is 31.6 Å². The Morgan fingerprint density at radius 2 is 2.06 bits per heavy atom. The summed E-state index contributed by atoms with van der Waals surface area (Å²) in [6.45, 7) is 1.89. The maximum Gasteiger partial charge on any atom is 0.507 e. The Bertz CT molecular complexity index is 1030. The molecular weight excluding hydrogens is 442 g/mol. The van der Waals surface area contributed by atoms with Crippen molar-refractivity contribution in [1.29, 1.82) is 0 Å². The number of thiophene rings is 1. The van der Waals surface area contributed by atoms with Crippen LogP contribution in [0, 0.1) is 0 Å². The van der Waals surface area contributed by atoms with Crippen LogP contribution in [0.4, 0.5) is 4.79 Å². The van der Waals surface area contributed by atoms with Gasteiger partial charge in [-0.2, -0.15) is 0 Å². The number of benzene rings is 1. The van der Waals surface area contributed by atoms with Crippen LogP contribution in [0.2, 0.25) is 5.02 Å². The number of likely N-dealkylation sites (tertiary alicyclic amines) is 1. The quantitative estimate of drug-likeness (QED) is 0.676. The molecule has 0 saturated carbocycles. The highest BCUT2D eigenvalue weighted by molar-refractivity contribution is 7.12. The van der Waals surface area contributed by atoms with Crippen LogP contribution in [0.25, 0.3) is 0 Å². The van der Waals surface area contributed by atoms with Crippen molar-refractivity contribution in [3.63, 3.8) is 0 Å². The van der Waals surface area contributed by atoms with Crippen LogP contribution in [-0.2, 0) is 17.7 Å². The number of carboxylic acid groups (broad SMARTS) is 1. The van der Waals surface area contributed by atoms with E-state index in [1.165, 1.54) is 21.8 Å². The molecule has 1 aromatic carbocycles. The fraction of sp³-hybridized carbons (Fsp3) is 0.381. The average molecular weight is 464 g/mol. The van der Waals surface area contributed by atoms with Gasteiger partial charge in [0.05, 0.1) is 11.1 Å². The second-order valence-corrected chi connectivity index (χ2v) is 9.09. The van der Waals surface area contributed by atoms with Gasteiger partial charge in [-0.05, 0) is 48.2 Å². The summed E-state index contributed by atoms with van der Waals surface area (Å²) in [5.41, 5.74) is 2.79. The summed E-state index contributed by atoms with van der Waals surface area (Å²) < 4.78 is 4.96. The summed E-state index contributed by atoms with van der Waals surface area (Å²) in [7, 11) is 2.05. The molecular formula is C21H22ClN3O5S. The number of fused-ring (bicyclic) bond motifs is 1. The Morgan fingerprint density at radius 3 is 2.77 bits per heavy atom. The normalized spacial score (nSPS) is 20.9. The van der Waals surface area contributed by atoms with E-state index < -0.39 is 18.4 Å². The third kappa shape index (κ3) is 4.68. The fourth-order valence-corrected chi connectivity index (χ4v) is 5.09. The minimum Gasteiger partial charge on any atom is -0.450 e. The molecule has 2 aromatic rings. The Kier molecular flexibility index (Phi) is 6.17. The molecule has 0 bridgehead atoms. The standard InChI is InChI=1S/C21H22ClN3O5S/c1-24-6-4-12-8-13(2-3-14(12)10-24)20(27)25-11-15(9-17(25)30-21(28)29)23-19(26)18-16(22)5-7-31-18/h2-3,5,7-8,15,17H,4,6,9-11H2,1H3,(H,23,26)(H,28,29). The van der Waals surface area contributed by atoms with Crippen LogP contribution in [0.3, 0.4) is 0 Å². The maximum atomic E-state index is 13.2. The van der Waals surface area contributed by atoms with Crippen LogP contribution in [0.1, 0.15) is 37.6 Å². The van der Waals surface area contributed by atoms with E-state index in [0.717, 1.165) is 25.1 Å². The summed E-state index contributed by atoms with van der Waals surface area (Å²) in [6, 6.07) is 6.76. The van der Waals surface area contributed by atoms with E-state index >= 15 is 0 Å². The summed E-state index contributed by atoms with van der Waals surface area (Å²) in [6.07, 6.45) is -1.43. The van der Waals surface area contributed by atoms with Crippen molar-refractivity contribution in [1.82, 2.24) is 15.1 Å². The molecule has 1 aromatic heterocycles. The largest absolute Gasteiger partial charge is 0.507 e. The number of amides is 2. The van der Waals surface area contributed by atoms with Gasteiger partial charge in [0.1, 0.15) is 4.88 Å². The lowest BCUT2D eigenvalue weighted by molar-refractivity contribution is -0.00711. The van der Waals surface area contributed by atoms with E-state index in [1.807, 2.05) is 12.1 Å². The number of halogens is 1. The summed E-state index contributed by atoms with van der Waals surface area (Å²) in [5, 5.41) is 14.0. The van der Waals surface area contributed by atoms with E-state index in [4.69, 9.17) is 21.4 Å². The van der Waals surface area contributed by atoms with Crippen LogP contribution in [0.5, 0.6) is 0 Å². The summed E-state index contributed by atoms with van der Waals surface area (Å²) in [5.74, 6) is -0.676. The second-order valence-electron chi connectivity index (χ2n) is 7.77. The minimum absolute atomic E-state index is 0.144. The molecule has 2 aliphatic rings. The molecule has 2 amide bonds. The molecule has 1 saturated heterocycles. The SMILES string of the molecule is CN1CCc2cc(C(=O)N3CC(NC(=O)c4sccc4Cl)CC3OC(=O)O)ccc2C1. The first-order valence-corrected chi connectivity index (χ1v) is 11.1. The van der Waals surface area contributed by atoms with Crippen molar-refractivity contribution in [2.45, 2.75) is 31.7 Å². The van der Waals surface area contributed by atoms with Gasteiger partial charge in [0.2, 0.25) is 0 Å². The summed E-state index contributed by atoms with van der Waals surface area (Å²) >= 11 is 7.24. The van der Waals surface area contributed by atoms with Gasteiger partial charge in [-0.3, -0.25) is 9.59 Å². The van der Waals surface area contributed by atoms with Gasteiger partial charge in [0.15, 0.2) is 6.23 Å². The molecule has 0 spiro atoms. The first kappa shape index (κ1) is 21.6. The van der Waals surface area contributed by atoms with E-state index in [-0.39, 0.29) is 24.8 Å². The highest BCUT2D eigenvalue weighted by atomic mass is 35.5. The van der Waals surface area contributed by atoms with Gasteiger partial charge in [-0.1, -0.05) is 17.7 Å². The van der Waals surface area contributed by atoms with E-state index in [1.54, 1.807) is 17.5 Å². The molecule has 164 valence electrons. The zero-order valence-electron chi connectivity index (χ0n) is 16.8. The molecule has 2 N–H and O–H groups in total. The lowest BCUT2D eigenvalue weighted by Gasteiger charge is -2.27. The minimum atomic E-state index is -1.47. The highest BCUT2D eigenvalue weighted by Gasteiger charge is 2.39. The number of ether oxygens (including phenoxy) is 1. The van der Waals surface area contributed by atoms with Crippen LogP contribution in [0.15, 0.2) is 29.6 Å². The molecule has 4 rings (SSSR count). The molecule has 10 heteroatoms. The molecule has 0 radical (unpaired) electrons. The monoisotopic (exact) mass is 463 g/mol. The zero-order chi connectivity index (χ0) is 22.1. The predicted octanol–water partition coefficient (Wildman–Crippen LogP) is 3.05. The zero-order valence-corrected chi connectivity index (χ0v) is 18.4. The molecule has 2 atom stereocenters. The highest BCUT2D eigenvalue weighted by Crippen LogP contribution is 2.26. The number of hydrogen-bond donors (Lipinski definition) is 2. The fourth-order valence-electron chi connectivity index (χ4n) is 4.05. The second kappa shape index (κ2) is 8.86. The third-order valence-corrected chi connectivity index (χ3v) is 6.90. The Labute approximate surface area is 188 Å². The Balaban J connectivity index is 1.51. The van der Waals surface area contributed by atoms with Crippen LogP contribution < -0.4 is 5.32 Å². The number of carbonyl (C=O) groups is 3. The van der Waals surface area contributed by atoms with Gasteiger partial charge >= 0.3 is 6.16 Å². The molecule has 1 fully saturated rings.